The summed E-state index contributed by atoms with van der Waals surface area (Å²) in [5.74, 6) is 0. The fraction of sp³-hybridized carbons (Fsp3) is 0.312. The number of aliphatic hydroxyl groups excluding tert-OH is 1. The number of aliphatic hydroxyl groups is 1. The summed E-state index contributed by atoms with van der Waals surface area (Å²) in [5, 5.41) is 15.4. The van der Waals surface area contributed by atoms with Gasteiger partial charge in [0.1, 0.15) is 0 Å². The molecule has 2 amide bonds. The number of aryl methyl sites for hydroxylation is 1. The number of carbonyl (C=O) groups is 1. The average Bonchev–Trinajstić information content (AvgIpc) is 2.90. The molecule has 2 rings (SSSR count). The zero-order valence-corrected chi connectivity index (χ0v) is 12.8. The molecule has 0 saturated carbocycles. The van der Waals surface area contributed by atoms with Crippen molar-refractivity contribution in [3.05, 3.63) is 57.8 Å². The van der Waals surface area contributed by atoms with E-state index in [0.29, 0.717) is 13.0 Å². The van der Waals surface area contributed by atoms with Gasteiger partial charge in [-0.25, -0.2) is 4.79 Å². The highest BCUT2D eigenvalue weighted by Crippen LogP contribution is 2.14. The summed E-state index contributed by atoms with van der Waals surface area (Å²) in [6, 6.07) is 13.5. The number of amides is 2. The highest BCUT2D eigenvalue weighted by Gasteiger charge is 2.08. The van der Waals surface area contributed by atoms with Gasteiger partial charge in [-0.05, 0) is 24.6 Å². The Balaban J connectivity index is 1.66. The first-order chi connectivity index (χ1) is 10.1. The molecule has 2 aromatic rings. The minimum absolute atomic E-state index is 0.240. The van der Waals surface area contributed by atoms with Gasteiger partial charge in [-0.3, -0.25) is 0 Å². The van der Waals surface area contributed by atoms with Gasteiger partial charge in [-0.15, -0.1) is 11.3 Å². The summed E-state index contributed by atoms with van der Waals surface area (Å²) in [7, 11) is 0. The molecule has 1 unspecified atom stereocenters. The average molecular weight is 304 g/mol. The monoisotopic (exact) mass is 304 g/mol. The first-order valence-corrected chi connectivity index (χ1v) is 7.74. The first kappa shape index (κ1) is 15.5. The van der Waals surface area contributed by atoms with Crippen molar-refractivity contribution in [1.82, 2.24) is 10.6 Å². The van der Waals surface area contributed by atoms with Crippen molar-refractivity contribution in [3.8, 4) is 0 Å². The molecule has 0 radical (unpaired) electrons. The number of hydrogen-bond donors (Lipinski definition) is 3. The summed E-state index contributed by atoms with van der Waals surface area (Å²) < 4.78 is 0. The molecule has 0 spiro atoms. The van der Waals surface area contributed by atoms with E-state index >= 15 is 0 Å². The standard InChI is InChI=1S/C16H20N2O2S/c1-12-7-8-15(21-12)11-18-16(20)17-10-14(19)9-13-5-3-2-4-6-13/h2-8,14,19H,9-11H2,1H3,(H2,17,18,20). The number of thiophene rings is 1. The molecule has 1 aromatic carbocycles. The summed E-state index contributed by atoms with van der Waals surface area (Å²) in [4.78, 5) is 14.0. The van der Waals surface area contributed by atoms with Crippen molar-refractivity contribution in [1.29, 1.82) is 0 Å². The second-order valence-corrected chi connectivity index (χ2v) is 6.29. The second-order valence-electron chi connectivity index (χ2n) is 4.92. The Morgan fingerprint density at radius 2 is 1.95 bits per heavy atom. The Morgan fingerprint density at radius 3 is 2.62 bits per heavy atom. The summed E-state index contributed by atoms with van der Waals surface area (Å²) >= 11 is 1.66. The van der Waals surface area contributed by atoms with Crippen molar-refractivity contribution in [3.63, 3.8) is 0 Å². The molecule has 1 heterocycles. The van der Waals surface area contributed by atoms with Crippen LogP contribution in [0.5, 0.6) is 0 Å². The smallest absolute Gasteiger partial charge is 0.315 e. The third kappa shape index (κ3) is 5.57. The Kier molecular flexibility index (Phi) is 5.78. The van der Waals surface area contributed by atoms with Crippen LogP contribution in [0.15, 0.2) is 42.5 Å². The number of rotatable bonds is 6. The predicted octanol–water partition coefficient (Wildman–Crippen LogP) is 2.46. The van der Waals surface area contributed by atoms with Crippen LogP contribution >= 0.6 is 11.3 Å². The Morgan fingerprint density at radius 1 is 1.19 bits per heavy atom. The predicted molar refractivity (Wildman–Crippen MR) is 85.4 cm³/mol. The second kappa shape index (κ2) is 7.81. The molecule has 0 fully saturated rings. The molecule has 3 N–H and O–H groups in total. The van der Waals surface area contributed by atoms with E-state index in [1.807, 2.05) is 49.4 Å². The van der Waals surface area contributed by atoms with E-state index in [1.54, 1.807) is 11.3 Å². The molecule has 112 valence electrons. The van der Waals surface area contributed by atoms with Crippen LogP contribution in [0.4, 0.5) is 4.79 Å². The molecule has 4 nitrogen and oxygen atoms in total. The zero-order valence-electron chi connectivity index (χ0n) is 12.0. The van der Waals surface area contributed by atoms with Gasteiger partial charge < -0.3 is 15.7 Å². The van der Waals surface area contributed by atoms with Crippen molar-refractivity contribution < 1.29 is 9.90 Å². The molecule has 21 heavy (non-hydrogen) atoms. The fourth-order valence-electron chi connectivity index (χ4n) is 1.98. The zero-order chi connectivity index (χ0) is 15.1. The largest absolute Gasteiger partial charge is 0.391 e. The van der Waals surface area contributed by atoms with E-state index in [9.17, 15) is 9.90 Å². The molecule has 0 aliphatic rings. The third-order valence-corrected chi connectivity index (χ3v) is 4.03. The maximum atomic E-state index is 11.7. The Labute approximate surface area is 128 Å². The third-order valence-electron chi connectivity index (χ3n) is 3.03. The van der Waals surface area contributed by atoms with Gasteiger partial charge in [0.15, 0.2) is 0 Å². The lowest BCUT2D eigenvalue weighted by atomic mass is 10.1. The van der Waals surface area contributed by atoms with Crippen molar-refractivity contribution in [2.75, 3.05) is 6.54 Å². The topological polar surface area (TPSA) is 61.4 Å². The summed E-state index contributed by atoms with van der Waals surface area (Å²) in [5.41, 5.74) is 1.06. The molecule has 1 aromatic heterocycles. The number of nitrogens with one attached hydrogen (secondary N) is 2. The Bertz CT molecular complexity index is 569. The highest BCUT2D eigenvalue weighted by atomic mass is 32.1. The Hall–Kier alpha value is -1.85. The van der Waals surface area contributed by atoms with E-state index in [-0.39, 0.29) is 12.6 Å². The van der Waals surface area contributed by atoms with E-state index in [0.717, 1.165) is 10.4 Å². The van der Waals surface area contributed by atoms with Gasteiger partial charge >= 0.3 is 6.03 Å². The SMILES string of the molecule is Cc1ccc(CNC(=O)NCC(O)Cc2ccccc2)s1. The van der Waals surface area contributed by atoms with Crippen LogP contribution in [0, 0.1) is 6.92 Å². The molecule has 1 atom stereocenters. The van der Waals surface area contributed by atoms with Gasteiger partial charge in [0, 0.05) is 22.7 Å². The van der Waals surface area contributed by atoms with Crippen LogP contribution < -0.4 is 10.6 Å². The fourth-order valence-corrected chi connectivity index (χ4v) is 2.81. The maximum absolute atomic E-state index is 11.7. The van der Waals surface area contributed by atoms with Crippen LogP contribution in [-0.2, 0) is 13.0 Å². The maximum Gasteiger partial charge on any atom is 0.315 e. The van der Waals surface area contributed by atoms with Crippen LogP contribution in [0.25, 0.3) is 0 Å². The number of carbonyl (C=O) groups excluding carboxylic acids is 1. The van der Waals surface area contributed by atoms with E-state index in [1.165, 1.54) is 4.88 Å². The lowest BCUT2D eigenvalue weighted by Crippen LogP contribution is -2.39. The van der Waals surface area contributed by atoms with Crippen molar-refractivity contribution in [2.45, 2.75) is 26.0 Å². The molecule has 0 aliphatic carbocycles. The van der Waals surface area contributed by atoms with Crippen LogP contribution in [0.1, 0.15) is 15.3 Å². The van der Waals surface area contributed by atoms with Crippen molar-refractivity contribution in [2.24, 2.45) is 0 Å². The minimum atomic E-state index is -0.581. The van der Waals surface area contributed by atoms with Crippen LogP contribution in [0.2, 0.25) is 0 Å². The lowest BCUT2D eigenvalue weighted by Gasteiger charge is -2.12. The number of urea groups is 1. The molecular weight excluding hydrogens is 284 g/mol. The first-order valence-electron chi connectivity index (χ1n) is 6.92. The normalized spacial score (nSPS) is 11.9. The van der Waals surface area contributed by atoms with Gasteiger partial charge in [-0.1, -0.05) is 30.3 Å². The highest BCUT2D eigenvalue weighted by molar-refractivity contribution is 7.11. The molecule has 5 heteroatoms. The quantitative estimate of drug-likeness (QED) is 0.768. The number of hydrogen-bond acceptors (Lipinski definition) is 3. The molecule has 0 saturated heterocycles. The lowest BCUT2D eigenvalue weighted by molar-refractivity contribution is 0.170. The van der Waals surface area contributed by atoms with Gasteiger partial charge in [0.05, 0.1) is 12.6 Å². The molecule has 0 bridgehead atoms. The van der Waals surface area contributed by atoms with Crippen LogP contribution in [-0.4, -0.2) is 23.8 Å². The molecule has 0 aliphatic heterocycles. The van der Waals surface area contributed by atoms with Gasteiger partial charge in [0.25, 0.3) is 0 Å². The van der Waals surface area contributed by atoms with E-state index < -0.39 is 6.10 Å². The minimum Gasteiger partial charge on any atom is -0.391 e. The van der Waals surface area contributed by atoms with E-state index in [4.69, 9.17) is 0 Å². The summed E-state index contributed by atoms with van der Waals surface area (Å²) in [6.45, 7) is 2.79. The van der Waals surface area contributed by atoms with Crippen LogP contribution in [0.3, 0.4) is 0 Å². The van der Waals surface area contributed by atoms with Gasteiger partial charge in [0.2, 0.25) is 0 Å². The van der Waals surface area contributed by atoms with Gasteiger partial charge in [-0.2, -0.15) is 0 Å². The van der Waals surface area contributed by atoms with E-state index in [2.05, 4.69) is 10.6 Å². The molecular formula is C16H20N2O2S. The van der Waals surface area contributed by atoms with Crippen molar-refractivity contribution >= 4 is 17.4 Å². The summed E-state index contributed by atoms with van der Waals surface area (Å²) in [6.07, 6.45) is -0.0484. The number of benzene rings is 1.